The van der Waals surface area contributed by atoms with E-state index in [4.69, 9.17) is 27.9 Å². The van der Waals surface area contributed by atoms with E-state index in [0.717, 1.165) is 18.4 Å². The summed E-state index contributed by atoms with van der Waals surface area (Å²) in [6, 6.07) is 5.47. The lowest BCUT2D eigenvalue weighted by Gasteiger charge is -2.12. The Kier molecular flexibility index (Phi) is 3.13. The molecule has 4 heteroatoms. The molecular weight excluding hydrogens is 247 g/mol. The summed E-state index contributed by atoms with van der Waals surface area (Å²) in [7, 11) is 1.43. The molecule has 86 valence electrons. The third-order valence-electron chi connectivity index (χ3n) is 3.00. The molecule has 2 nitrogen and oxygen atoms in total. The van der Waals surface area contributed by atoms with E-state index >= 15 is 0 Å². The van der Waals surface area contributed by atoms with E-state index in [1.54, 1.807) is 6.07 Å². The zero-order chi connectivity index (χ0) is 11.8. The monoisotopic (exact) mass is 258 g/mol. The molecule has 1 aliphatic carbocycles. The number of halogens is 2. The number of esters is 1. The van der Waals surface area contributed by atoms with Gasteiger partial charge in [0, 0.05) is 0 Å². The van der Waals surface area contributed by atoms with E-state index < -0.39 is 0 Å². The molecule has 2 rings (SSSR count). The molecule has 16 heavy (non-hydrogen) atoms. The molecule has 0 saturated heterocycles. The molecule has 0 aliphatic heterocycles. The van der Waals surface area contributed by atoms with Crippen molar-refractivity contribution >= 4 is 29.2 Å². The lowest BCUT2D eigenvalue weighted by molar-refractivity contribution is -0.147. The minimum absolute atomic E-state index is 0.126. The van der Waals surface area contributed by atoms with Crippen molar-refractivity contribution in [3.05, 3.63) is 33.8 Å². The highest BCUT2D eigenvalue weighted by molar-refractivity contribution is 6.42. The van der Waals surface area contributed by atoms with Crippen molar-refractivity contribution < 1.29 is 9.53 Å². The minimum Gasteiger partial charge on any atom is -0.469 e. The lowest BCUT2D eigenvalue weighted by atomic mass is 9.97. The largest absolute Gasteiger partial charge is 0.469 e. The Balaban J connectivity index is 2.15. The van der Waals surface area contributed by atoms with Gasteiger partial charge in [-0.05, 0) is 37.0 Å². The van der Waals surface area contributed by atoms with Crippen LogP contribution in [0.15, 0.2) is 18.2 Å². The number of rotatable bonds is 3. The zero-order valence-electron chi connectivity index (χ0n) is 8.93. The van der Waals surface area contributed by atoms with Gasteiger partial charge in [0.1, 0.15) is 0 Å². The molecule has 1 aliphatic rings. The minimum atomic E-state index is -0.314. The van der Waals surface area contributed by atoms with E-state index in [2.05, 4.69) is 0 Å². The van der Waals surface area contributed by atoms with Gasteiger partial charge in [0.2, 0.25) is 0 Å². The first-order valence-electron chi connectivity index (χ1n) is 5.10. The van der Waals surface area contributed by atoms with Crippen LogP contribution in [0.3, 0.4) is 0 Å². The van der Waals surface area contributed by atoms with Gasteiger partial charge in [-0.1, -0.05) is 29.3 Å². The van der Waals surface area contributed by atoms with E-state index in [-0.39, 0.29) is 11.4 Å². The van der Waals surface area contributed by atoms with E-state index in [9.17, 15) is 4.79 Å². The summed E-state index contributed by atoms with van der Waals surface area (Å²) in [5.74, 6) is -0.126. The number of carbonyl (C=O) groups excluding carboxylic acids is 1. The number of ether oxygens (including phenoxy) is 1. The molecular formula is C12H12Cl2O2. The van der Waals surface area contributed by atoms with Crippen LogP contribution in [0, 0.1) is 5.41 Å². The molecule has 0 N–H and O–H groups in total. The van der Waals surface area contributed by atoms with E-state index in [1.165, 1.54) is 7.11 Å². The van der Waals surface area contributed by atoms with Crippen LogP contribution in [0.4, 0.5) is 0 Å². The Morgan fingerprint density at radius 3 is 2.56 bits per heavy atom. The summed E-state index contributed by atoms with van der Waals surface area (Å²) in [4.78, 5) is 11.6. The van der Waals surface area contributed by atoms with E-state index in [1.807, 2.05) is 12.1 Å². The van der Waals surface area contributed by atoms with Gasteiger partial charge in [0.15, 0.2) is 0 Å². The smallest absolute Gasteiger partial charge is 0.312 e. The van der Waals surface area contributed by atoms with Crippen molar-refractivity contribution in [2.45, 2.75) is 19.3 Å². The number of carbonyl (C=O) groups is 1. The summed E-state index contributed by atoms with van der Waals surface area (Å²) in [5, 5.41) is 1.06. The van der Waals surface area contributed by atoms with Gasteiger partial charge in [0.25, 0.3) is 0 Å². The number of hydrogen-bond acceptors (Lipinski definition) is 2. The number of methoxy groups -OCH3 is 1. The quantitative estimate of drug-likeness (QED) is 0.776. The molecule has 0 spiro atoms. The van der Waals surface area contributed by atoms with Crippen molar-refractivity contribution in [1.29, 1.82) is 0 Å². The van der Waals surface area contributed by atoms with Crippen molar-refractivity contribution in [1.82, 2.24) is 0 Å². The molecule has 0 amide bonds. The number of hydrogen-bond donors (Lipinski definition) is 0. The van der Waals surface area contributed by atoms with Crippen LogP contribution in [0.25, 0.3) is 0 Å². The van der Waals surface area contributed by atoms with Crippen LogP contribution in [0.1, 0.15) is 18.4 Å². The standard InChI is InChI=1S/C12H12Cl2O2/c1-16-11(15)12(4-5-12)7-8-2-3-9(13)10(14)6-8/h2-3,6H,4-5,7H2,1H3. The highest BCUT2D eigenvalue weighted by Crippen LogP contribution is 2.49. The molecule has 0 atom stereocenters. The molecule has 0 bridgehead atoms. The molecule has 1 aromatic rings. The maximum atomic E-state index is 11.6. The van der Waals surface area contributed by atoms with Gasteiger partial charge in [-0.2, -0.15) is 0 Å². The summed E-state index contributed by atoms with van der Waals surface area (Å²) in [5.41, 5.74) is 0.712. The Morgan fingerprint density at radius 1 is 1.38 bits per heavy atom. The van der Waals surface area contributed by atoms with Crippen LogP contribution in [0.5, 0.6) is 0 Å². The van der Waals surface area contributed by atoms with Gasteiger partial charge in [-0.3, -0.25) is 4.79 Å². The molecule has 1 aromatic carbocycles. The van der Waals surface area contributed by atoms with Crippen LogP contribution in [-0.4, -0.2) is 13.1 Å². The average molecular weight is 259 g/mol. The first-order valence-corrected chi connectivity index (χ1v) is 5.85. The zero-order valence-corrected chi connectivity index (χ0v) is 10.4. The van der Waals surface area contributed by atoms with Gasteiger partial charge in [0.05, 0.1) is 22.6 Å². The second-order valence-corrected chi connectivity index (χ2v) is 5.01. The average Bonchev–Trinajstić information content (AvgIpc) is 3.03. The second kappa shape index (κ2) is 4.27. The van der Waals surface area contributed by atoms with Crippen molar-refractivity contribution in [2.24, 2.45) is 5.41 Å². The molecule has 0 unspecified atom stereocenters. The van der Waals surface area contributed by atoms with Gasteiger partial charge in [-0.25, -0.2) is 0 Å². The Labute approximate surface area is 104 Å². The number of benzene rings is 1. The first-order chi connectivity index (χ1) is 7.57. The Hall–Kier alpha value is -0.730. The third-order valence-corrected chi connectivity index (χ3v) is 3.74. The fraction of sp³-hybridized carbons (Fsp3) is 0.417. The van der Waals surface area contributed by atoms with Crippen LogP contribution >= 0.6 is 23.2 Å². The third kappa shape index (κ3) is 2.18. The predicted molar refractivity (Wildman–Crippen MR) is 63.8 cm³/mol. The van der Waals surface area contributed by atoms with Crippen LogP contribution in [-0.2, 0) is 16.0 Å². The highest BCUT2D eigenvalue weighted by Gasteiger charge is 2.50. The molecule has 1 saturated carbocycles. The van der Waals surface area contributed by atoms with Gasteiger partial charge in [-0.15, -0.1) is 0 Å². The summed E-state index contributed by atoms with van der Waals surface area (Å²) < 4.78 is 4.81. The fourth-order valence-corrected chi connectivity index (χ4v) is 2.18. The lowest BCUT2D eigenvalue weighted by Crippen LogP contribution is -2.19. The first kappa shape index (κ1) is 11.7. The molecule has 0 radical (unpaired) electrons. The van der Waals surface area contributed by atoms with Crippen LogP contribution < -0.4 is 0 Å². The summed E-state index contributed by atoms with van der Waals surface area (Å²) in [6.07, 6.45) is 2.45. The van der Waals surface area contributed by atoms with Crippen molar-refractivity contribution in [3.8, 4) is 0 Å². The topological polar surface area (TPSA) is 26.3 Å². The molecule has 0 aromatic heterocycles. The predicted octanol–water partition coefficient (Wildman–Crippen LogP) is 3.49. The van der Waals surface area contributed by atoms with Gasteiger partial charge < -0.3 is 4.74 Å². The highest BCUT2D eigenvalue weighted by atomic mass is 35.5. The maximum absolute atomic E-state index is 11.6. The second-order valence-electron chi connectivity index (χ2n) is 4.20. The summed E-state index contributed by atoms with van der Waals surface area (Å²) in [6.45, 7) is 0. The normalized spacial score (nSPS) is 16.9. The SMILES string of the molecule is COC(=O)C1(Cc2ccc(Cl)c(Cl)c2)CC1. The molecule has 0 heterocycles. The van der Waals surface area contributed by atoms with Crippen LogP contribution in [0.2, 0.25) is 10.0 Å². The van der Waals surface area contributed by atoms with Crippen molar-refractivity contribution in [2.75, 3.05) is 7.11 Å². The fourth-order valence-electron chi connectivity index (χ4n) is 1.86. The Morgan fingerprint density at radius 2 is 2.06 bits per heavy atom. The Bertz CT molecular complexity index is 425. The van der Waals surface area contributed by atoms with Crippen molar-refractivity contribution in [3.63, 3.8) is 0 Å². The molecule has 1 fully saturated rings. The van der Waals surface area contributed by atoms with Gasteiger partial charge >= 0.3 is 5.97 Å². The maximum Gasteiger partial charge on any atom is 0.312 e. The van der Waals surface area contributed by atoms with E-state index in [0.29, 0.717) is 16.5 Å². The summed E-state index contributed by atoms with van der Waals surface area (Å²) >= 11 is 11.8.